The van der Waals surface area contributed by atoms with Crippen LogP contribution in [0.2, 0.25) is 0 Å². The molecule has 15 heavy (non-hydrogen) atoms. The van der Waals surface area contributed by atoms with Gasteiger partial charge in [-0.2, -0.15) is 0 Å². The lowest BCUT2D eigenvalue weighted by Gasteiger charge is -2.21. The zero-order valence-corrected chi connectivity index (χ0v) is 9.36. The third-order valence-corrected chi connectivity index (χ3v) is 3.56. The summed E-state index contributed by atoms with van der Waals surface area (Å²) in [6.45, 7) is 0. The van der Waals surface area contributed by atoms with E-state index in [9.17, 15) is 0 Å². The molecule has 0 radical (unpaired) electrons. The Morgan fingerprint density at radius 1 is 1.00 bits per heavy atom. The smallest absolute Gasteiger partial charge is 0.00703 e. The average Bonchev–Trinajstić information content (AvgIpc) is 2.46. The van der Waals surface area contributed by atoms with Gasteiger partial charge in [0.15, 0.2) is 0 Å². The summed E-state index contributed by atoms with van der Waals surface area (Å²) < 4.78 is 0. The summed E-state index contributed by atoms with van der Waals surface area (Å²) in [6, 6.07) is 11.2. The molecular weight excluding hydrogens is 182 g/mol. The summed E-state index contributed by atoms with van der Waals surface area (Å²) >= 11 is 0. The fourth-order valence-electron chi connectivity index (χ4n) is 2.58. The van der Waals surface area contributed by atoms with Gasteiger partial charge in [-0.1, -0.05) is 49.6 Å². The second-order valence-electron chi connectivity index (χ2n) is 4.75. The molecule has 1 aromatic rings. The molecule has 1 saturated carbocycles. The normalized spacial score (nSPS) is 27.3. The van der Waals surface area contributed by atoms with E-state index in [2.05, 4.69) is 30.3 Å². The van der Waals surface area contributed by atoms with Crippen molar-refractivity contribution in [3.05, 3.63) is 35.9 Å². The Morgan fingerprint density at radius 2 is 1.73 bits per heavy atom. The van der Waals surface area contributed by atoms with Crippen molar-refractivity contribution in [1.82, 2.24) is 0 Å². The minimum atomic E-state index is 0.424. The van der Waals surface area contributed by atoms with Gasteiger partial charge >= 0.3 is 0 Å². The van der Waals surface area contributed by atoms with Crippen LogP contribution in [0, 0.1) is 5.92 Å². The summed E-state index contributed by atoms with van der Waals surface area (Å²) in [5, 5.41) is 0. The van der Waals surface area contributed by atoms with E-state index in [1.165, 1.54) is 44.1 Å². The predicted octanol–water partition coefficient (Wildman–Crippen LogP) is 3.14. The van der Waals surface area contributed by atoms with Crippen molar-refractivity contribution in [2.75, 3.05) is 0 Å². The fraction of sp³-hybridized carbons (Fsp3) is 0.571. The van der Waals surface area contributed by atoms with E-state index in [0.29, 0.717) is 12.0 Å². The van der Waals surface area contributed by atoms with Crippen molar-refractivity contribution >= 4 is 0 Å². The van der Waals surface area contributed by atoms with Crippen LogP contribution in [0.25, 0.3) is 0 Å². The summed E-state index contributed by atoms with van der Waals surface area (Å²) in [5.74, 6) is 0.704. The van der Waals surface area contributed by atoms with E-state index in [-0.39, 0.29) is 0 Å². The molecule has 0 saturated heterocycles. The van der Waals surface area contributed by atoms with Gasteiger partial charge in [0, 0.05) is 6.04 Å². The highest BCUT2D eigenvalue weighted by Gasteiger charge is 2.20. The third kappa shape index (κ3) is 3.07. The van der Waals surface area contributed by atoms with Gasteiger partial charge in [0.2, 0.25) is 0 Å². The van der Waals surface area contributed by atoms with Crippen molar-refractivity contribution in [3.63, 3.8) is 0 Å². The molecule has 0 bridgehead atoms. The molecule has 1 aliphatic rings. The van der Waals surface area contributed by atoms with Crippen molar-refractivity contribution in [1.29, 1.82) is 0 Å². The van der Waals surface area contributed by atoms with E-state index in [1.807, 2.05) is 0 Å². The summed E-state index contributed by atoms with van der Waals surface area (Å²) in [4.78, 5) is 0. The minimum absolute atomic E-state index is 0.424. The zero-order valence-electron chi connectivity index (χ0n) is 9.36. The topological polar surface area (TPSA) is 26.0 Å². The molecular formula is C14H21N. The molecule has 2 atom stereocenters. The molecule has 1 heteroatoms. The van der Waals surface area contributed by atoms with E-state index >= 15 is 0 Å². The standard InChI is InChI=1S/C14H21N/c15-14-10-6-2-5-9-13(14)11-12-7-3-1-4-8-12/h1,3-4,7-8,13-14H,2,5-6,9-11,15H2. The van der Waals surface area contributed by atoms with Crippen LogP contribution in [-0.4, -0.2) is 6.04 Å². The molecule has 0 heterocycles. The lowest BCUT2D eigenvalue weighted by atomic mass is 9.89. The average molecular weight is 203 g/mol. The van der Waals surface area contributed by atoms with Crippen molar-refractivity contribution < 1.29 is 0 Å². The van der Waals surface area contributed by atoms with Crippen LogP contribution >= 0.6 is 0 Å². The largest absolute Gasteiger partial charge is 0.327 e. The van der Waals surface area contributed by atoms with Crippen LogP contribution in [0.1, 0.15) is 37.7 Å². The maximum absolute atomic E-state index is 6.23. The number of benzene rings is 1. The molecule has 0 amide bonds. The molecule has 2 unspecified atom stereocenters. The molecule has 2 N–H and O–H groups in total. The highest BCUT2D eigenvalue weighted by molar-refractivity contribution is 5.15. The van der Waals surface area contributed by atoms with E-state index in [4.69, 9.17) is 5.73 Å². The molecule has 82 valence electrons. The molecule has 1 aromatic carbocycles. The lowest BCUT2D eigenvalue weighted by molar-refractivity contribution is 0.395. The van der Waals surface area contributed by atoms with Crippen LogP contribution < -0.4 is 5.73 Å². The quantitative estimate of drug-likeness (QED) is 0.734. The van der Waals surface area contributed by atoms with Crippen molar-refractivity contribution in [2.45, 2.75) is 44.6 Å². The first-order chi connectivity index (χ1) is 7.36. The Bertz CT molecular complexity index is 281. The Balaban J connectivity index is 1.97. The second-order valence-corrected chi connectivity index (χ2v) is 4.75. The fourth-order valence-corrected chi connectivity index (χ4v) is 2.58. The molecule has 0 aromatic heterocycles. The number of hydrogen-bond donors (Lipinski definition) is 1. The van der Waals surface area contributed by atoms with E-state index in [0.717, 1.165) is 0 Å². The predicted molar refractivity (Wildman–Crippen MR) is 64.7 cm³/mol. The molecule has 0 spiro atoms. The molecule has 1 fully saturated rings. The van der Waals surface area contributed by atoms with E-state index < -0.39 is 0 Å². The SMILES string of the molecule is NC1CCCCCC1Cc1ccccc1. The van der Waals surface area contributed by atoms with Gasteiger partial charge in [0.1, 0.15) is 0 Å². The monoisotopic (exact) mass is 203 g/mol. The van der Waals surface area contributed by atoms with Crippen molar-refractivity contribution in [3.8, 4) is 0 Å². The highest BCUT2D eigenvalue weighted by Crippen LogP contribution is 2.25. The van der Waals surface area contributed by atoms with Crippen LogP contribution in [0.15, 0.2) is 30.3 Å². The molecule has 1 nitrogen and oxygen atoms in total. The first-order valence-electron chi connectivity index (χ1n) is 6.16. The Morgan fingerprint density at radius 3 is 2.53 bits per heavy atom. The van der Waals surface area contributed by atoms with Gasteiger partial charge in [-0.25, -0.2) is 0 Å². The van der Waals surface area contributed by atoms with Crippen LogP contribution in [0.3, 0.4) is 0 Å². The molecule has 2 rings (SSSR count). The van der Waals surface area contributed by atoms with Gasteiger partial charge in [-0.3, -0.25) is 0 Å². The molecule has 1 aliphatic carbocycles. The van der Waals surface area contributed by atoms with Crippen LogP contribution in [0.4, 0.5) is 0 Å². The number of rotatable bonds is 2. The van der Waals surface area contributed by atoms with Gasteiger partial charge in [0.25, 0.3) is 0 Å². The van der Waals surface area contributed by atoms with E-state index in [1.54, 1.807) is 0 Å². The third-order valence-electron chi connectivity index (χ3n) is 3.56. The first kappa shape index (κ1) is 10.7. The zero-order chi connectivity index (χ0) is 10.5. The second kappa shape index (κ2) is 5.32. The Hall–Kier alpha value is -0.820. The lowest BCUT2D eigenvalue weighted by Crippen LogP contribution is -2.30. The van der Waals surface area contributed by atoms with Crippen molar-refractivity contribution in [2.24, 2.45) is 11.7 Å². The van der Waals surface area contributed by atoms with Crippen LogP contribution in [0.5, 0.6) is 0 Å². The number of nitrogens with two attached hydrogens (primary N) is 1. The van der Waals surface area contributed by atoms with Gasteiger partial charge in [-0.05, 0) is 30.7 Å². The highest BCUT2D eigenvalue weighted by atomic mass is 14.6. The summed E-state index contributed by atoms with van der Waals surface area (Å²) in [6.07, 6.45) is 7.77. The Kier molecular flexibility index (Phi) is 3.79. The first-order valence-corrected chi connectivity index (χ1v) is 6.16. The summed E-state index contributed by atoms with van der Waals surface area (Å²) in [5.41, 5.74) is 7.67. The van der Waals surface area contributed by atoms with Crippen LogP contribution in [-0.2, 0) is 6.42 Å². The summed E-state index contributed by atoms with van der Waals surface area (Å²) in [7, 11) is 0. The maximum atomic E-state index is 6.23. The maximum Gasteiger partial charge on any atom is 0.00703 e. The van der Waals surface area contributed by atoms with Gasteiger partial charge < -0.3 is 5.73 Å². The van der Waals surface area contributed by atoms with Gasteiger partial charge in [-0.15, -0.1) is 0 Å². The van der Waals surface area contributed by atoms with Gasteiger partial charge in [0.05, 0.1) is 0 Å². The minimum Gasteiger partial charge on any atom is -0.327 e. The number of hydrogen-bond acceptors (Lipinski definition) is 1. The Labute approximate surface area is 92.7 Å². The molecule has 0 aliphatic heterocycles.